The van der Waals surface area contributed by atoms with Crippen LogP contribution in [0.5, 0.6) is 0 Å². The van der Waals surface area contributed by atoms with E-state index in [1.165, 1.54) is 53.6 Å². The van der Waals surface area contributed by atoms with Gasteiger partial charge in [0.25, 0.3) is 23.6 Å². The average Bonchev–Trinajstić information content (AvgIpc) is 1.57. The number of nitrogens with one attached hydrogen (secondary N) is 4. The second-order valence-corrected chi connectivity index (χ2v) is 37.7. The Morgan fingerprint density at radius 3 is 1.31 bits per heavy atom. The zero-order chi connectivity index (χ0) is 88.0. The smallest absolute Gasteiger partial charge is 0.258 e. The van der Waals surface area contributed by atoms with E-state index >= 15 is 0 Å². The molecule has 4 fully saturated rings. The monoisotopic (exact) mass is 1770 g/mol. The molecule has 0 atom stereocenters. The van der Waals surface area contributed by atoms with Crippen molar-refractivity contribution in [2.45, 2.75) is 25.7 Å². The number of hydrogen-bond donors (Lipinski definition) is 5. The molecule has 0 spiro atoms. The van der Waals surface area contributed by atoms with Gasteiger partial charge in [0.1, 0.15) is 17.5 Å². The molecule has 126 heavy (non-hydrogen) atoms. The summed E-state index contributed by atoms with van der Waals surface area (Å²) in [5, 5.41) is 15.6. The number of sulfonamides is 4. The fourth-order valence-corrected chi connectivity index (χ4v) is 21.3. The minimum atomic E-state index is -3.43. The molecule has 4 aliphatic heterocycles. The van der Waals surface area contributed by atoms with Crippen LogP contribution >= 0.6 is 0 Å². The molecule has 0 unspecified atom stereocenters. The van der Waals surface area contributed by atoms with E-state index < -0.39 is 75.3 Å². The first kappa shape index (κ1) is 85.0. The predicted molar refractivity (Wildman–Crippen MR) is 486 cm³/mol. The number of nitrogen functional groups attached to an aromatic ring is 1. The molecule has 33 heteroatoms. The molecule has 8 heterocycles. The number of carbonyl (C=O) groups is 4. The van der Waals surface area contributed by atoms with Crippen LogP contribution in [0.25, 0.3) is 77.4 Å². The lowest BCUT2D eigenvalue weighted by molar-refractivity contribution is 0.101. The van der Waals surface area contributed by atoms with Crippen LogP contribution in [-0.2, 0) is 40.1 Å². The highest BCUT2D eigenvalue weighted by molar-refractivity contribution is 7.94. The summed E-state index contributed by atoms with van der Waals surface area (Å²) in [4.78, 5) is 73.2. The number of para-hydroxylation sites is 2. The molecular formula is C93H77F3N14O12S4. The Kier molecular flexibility index (Phi) is 24.4. The highest BCUT2D eigenvalue weighted by atomic mass is 32.2. The highest BCUT2D eigenvalue weighted by Gasteiger charge is 2.34. The van der Waals surface area contributed by atoms with Crippen LogP contribution in [0.2, 0.25) is 0 Å². The van der Waals surface area contributed by atoms with Crippen LogP contribution in [0, 0.1) is 17.5 Å². The second kappa shape index (κ2) is 36.1. The summed E-state index contributed by atoms with van der Waals surface area (Å²) in [7, 11) is -13.5. The summed E-state index contributed by atoms with van der Waals surface area (Å²) in [6.45, 7) is 1.39. The summed E-state index contributed by atoms with van der Waals surface area (Å²) < 4.78 is 146. The molecule has 0 saturated carbocycles. The van der Waals surface area contributed by atoms with E-state index in [-0.39, 0.29) is 62.7 Å². The van der Waals surface area contributed by atoms with Crippen molar-refractivity contribution in [2.75, 3.05) is 93.4 Å². The summed E-state index contributed by atoms with van der Waals surface area (Å²) >= 11 is 0. The van der Waals surface area contributed by atoms with Gasteiger partial charge in [-0.3, -0.25) is 46.4 Å². The number of pyridine rings is 3. The zero-order valence-electron chi connectivity index (χ0n) is 66.9. The quantitative estimate of drug-likeness (QED) is 0.0595. The van der Waals surface area contributed by atoms with Gasteiger partial charge >= 0.3 is 0 Å². The molecule has 0 aliphatic carbocycles. The Morgan fingerprint density at radius 1 is 0.341 bits per heavy atom. The topological polar surface area (TPSA) is 356 Å². The van der Waals surface area contributed by atoms with Gasteiger partial charge in [0.05, 0.1) is 90.4 Å². The minimum absolute atomic E-state index is 0.0358. The van der Waals surface area contributed by atoms with Gasteiger partial charge < -0.3 is 27.0 Å². The van der Waals surface area contributed by atoms with Crippen LogP contribution in [-0.4, -0.2) is 131 Å². The first-order valence-corrected chi connectivity index (χ1v) is 46.2. The predicted octanol–water partition coefficient (Wildman–Crippen LogP) is 16.5. The molecule has 26 nitrogen and oxygen atoms in total. The van der Waals surface area contributed by atoms with Crippen LogP contribution in [0.15, 0.2) is 286 Å². The van der Waals surface area contributed by atoms with Crippen molar-refractivity contribution < 1.29 is 66.0 Å². The SMILES string of the molecule is Nc1cccc2c(NC(=O)c3ccc(N4CCCS4(=O)=O)cc3)cccc12.O=C(Nc1cccc(-c2ccc3ccccc3n2)c1)c1ccc(N2CCCS2(=O)=O)cc1F.O=C(Nc1cccc(-c2ncc3ccccc3n2)c1)c1ccc(N2CCCS2(=O)=O)cc1F.O=C(Nc1cccc(-c2nccc3ncccc23)c1)c1ccc(N2CCCS2(=O)=O)cc1F. The first-order chi connectivity index (χ1) is 60.7. The van der Waals surface area contributed by atoms with Crippen LogP contribution in [0.3, 0.4) is 0 Å². The lowest BCUT2D eigenvalue weighted by atomic mass is 10.1. The van der Waals surface area contributed by atoms with Crippen molar-refractivity contribution >= 4 is 158 Å². The van der Waals surface area contributed by atoms with Gasteiger partial charge in [-0.15, -0.1) is 0 Å². The molecule has 4 amide bonds. The molecule has 4 saturated heterocycles. The second-order valence-electron chi connectivity index (χ2n) is 29.7. The van der Waals surface area contributed by atoms with E-state index in [9.17, 15) is 66.0 Å². The number of nitrogens with two attached hydrogens (primary N) is 1. The maximum Gasteiger partial charge on any atom is 0.258 e. The van der Waals surface area contributed by atoms with Gasteiger partial charge in [0.2, 0.25) is 40.1 Å². The molecule has 19 rings (SSSR count). The highest BCUT2D eigenvalue weighted by Crippen LogP contribution is 2.36. The van der Waals surface area contributed by atoms with Crippen molar-refractivity contribution in [1.29, 1.82) is 0 Å². The number of hydrogen-bond acceptors (Lipinski definition) is 18. The van der Waals surface area contributed by atoms with Crippen LogP contribution < -0.4 is 44.2 Å². The lowest BCUT2D eigenvalue weighted by Gasteiger charge is -2.17. The fraction of sp³-hybridized carbons (Fsp3) is 0.129. The van der Waals surface area contributed by atoms with Gasteiger partial charge in [-0.05, 0) is 189 Å². The van der Waals surface area contributed by atoms with Gasteiger partial charge in [-0.2, -0.15) is 0 Å². The molecule has 6 N–H and O–H groups in total. The van der Waals surface area contributed by atoms with Gasteiger partial charge in [-0.1, -0.05) is 103 Å². The lowest BCUT2D eigenvalue weighted by Crippen LogP contribution is -2.25. The summed E-state index contributed by atoms with van der Waals surface area (Å²) in [6, 6.07) is 75.4. The molecule has 4 aliphatic rings. The van der Waals surface area contributed by atoms with Gasteiger partial charge in [-0.25, -0.2) is 61.8 Å². The molecular weight excluding hydrogens is 1690 g/mol. The Morgan fingerprint density at radius 2 is 0.786 bits per heavy atom. The van der Waals surface area contributed by atoms with Crippen LogP contribution in [0.1, 0.15) is 67.1 Å². The number of carbonyl (C=O) groups excluding carboxylic acids is 4. The number of benzene rings is 11. The van der Waals surface area contributed by atoms with Gasteiger partial charge in [0.15, 0.2) is 5.82 Å². The average molecular weight is 1770 g/mol. The third kappa shape index (κ3) is 18.8. The fourth-order valence-electron chi connectivity index (χ4n) is 15.1. The first-order valence-electron chi connectivity index (χ1n) is 39.8. The number of rotatable bonds is 15. The largest absolute Gasteiger partial charge is 0.398 e. The van der Waals surface area contributed by atoms with Crippen molar-refractivity contribution in [3.05, 3.63) is 325 Å². The van der Waals surface area contributed by atoms with E-state index in [2.05, 4.69) is 46.2 Å². The van der Waals surface area contributed by atoms with E-state index in [0.29, 0.717) is 103 Å². The Labute approximate surface area is 722 Å². The Balaban J connectivity index is 0.000000124. The minimum Gasteiger partial charge on any atom is -0.398 e. The molecule has 11 aromatic carbocycles. The number of amides is 4. The third-order valence-corrected chi connectivity index (χ3v) is 28.8. The summed E-state index contributed by atoms with van der Waals surface area (Å²) in [5.41, 5.74) is 16.2. The van der Waals surface area contributed by atoms with Crippen LogP contribution in [0.4, 0.5) is 64.4 Å². The zero-order valence-corrected chi connectivity index (χ0v) is 70.2. The van der Waals surface area contributed by atoms with Crippen molar-refractivity contribution in [3.63, 3.8) is 0 Å². The van der Waals surface area contributed by atoms with E-state index in [0.717, 1.165) is 84.2 Å². The maximum atomic E-state index is 14.7. The third-order valence-electron chi connectivity index (χ3n) is 21.3. The Hall–Kier alpha value is -14.5. The molecule has 0 radical (unpaired) electrons. The number of fused-ring (bicyclic) bond motifs is 4. The number of halogens is 3. The molecule has 0 bridgehead atoms. The number of nitrogens with zero attached hydrogens (tertiary/aromatic N) is 9. The molecule has 636 valence electrons. The van der Waals surface area contributed by atoms with E-state index in [1.807, 2.05) is 133 Å². The van der Waals surface area contributed by atoms with Crippen molar-refractivity contribution in [1.82, 2.24) is 24.9 Å². The number of aromatic nitrogens is 5. The van der Waals surface area contributed by atoms with Gasteiger partial charge in [0, 0.05) is 122 Å². The maximum absolute atomic E-state index is 14.7. The standard InChI is InChI=1S/C25H20FN3O3S.2C24H19FN4O3S.C20H19N3O3S/c26-22-16-20(29-13-4-14-33(29,31)32)10-11-21(22)25(30)27-19-7-3-6-18(15-19)24-12-9-17-5-1-2-8-23(17)28-24;25-21-15-18(29-12-3-13-33(29,31)32)7-8-19(21)24(30)28-17-5-1-4-16(14-17)23-20-6-2-10-26-22(20)9-11-27-23;25-21-14-19(29-11-4-12-33(29,31)32)9-10-20(21)24(30)27-18-7-3-6-16(13-18)23-26-15-17-5-1-2-8-22(17)28-23;21-18-6-1-5-17-16(18)4-2-7-19(17)22-20(24)14-8-10-15(11-9-14)23-12-3-13-27(23,25)26/h1-3,5-12,15-16H,4,13-14H2,(H,27,30);1-2,4-11,14-15H,3,12-13H2,(H,28,30);1-3,5-10,13-15H,4,11-12H2,(H,27,30);1-2,4-11H,3,12-13,21H2,(H,22,24). The van der Waals surface area contributed by atoms with E-state index in [1.54, 1.807) is 97.5 Å². The van der Waals surface area contributed by atoms with E-state index in [4.69, 9.17) is 5.73 Å². The van der Waals surface area contributed by atoms with Crippen molar-refractivity contribution in [2.24, 2.45) is 0 Å². The number of anilines is 9. The normalized spacial score (nSPS) is 15.2. The van der Waals surface area contributed by atoms with Crippen molar-refractivity contribution in [3.8, 4) is 33.9 Å². The molecule has 4 aromatic heterocycles. The summed E-state index contributed by atoms with van der Waals surface area (Å²) in [6.07, 6.45) is 7.21. The Bertz CT molecular complexity index is 7070. The summed E-state index contributed by atoms with van der Waals surface area (Å²) in [5.74, 6) is -3.72. The molecule has 15 aromatic rings.